The average molecular weight is 380 g/mol. The Morgan fingerprint density at radius 3 is 2.39 bits per heavy atom. The molecule has 0 saturated carbocycles. The molecule has 28 heavy (non-hydrogen) atoms. The Balaban J connectivity index is 1.65. The Kier molecular flexibility index (Phi) is 5.43. The molecule has 0 bridgehead atoms. The summed E-state index contributed by atoms with van der Waals surface area (Å²) >= 11 is 0. The van der Waals surface area contributed by atoms with Crippen molar-refractivity contribution in [3.63, 3.8) is 0 Å². The topological polar surface area (TPSA) is 77.2 Å². The zero-order valence-electron chi connectivity index (χ0n) is 15.7. The summed E-state index contributed by atoms with van der Waals surface area (Å²) in [5.74, 6) is 0.140. The van der Waals surface area contributed by atoms with Gasteiger partial charge in [0.25, 0.3) is 0 Å². The van der Waals surface area contributed by atoms with Gasteiger partial charge in [0.05, 0.1) is 23.1 Å². The summed E-state index contributed by atoms with van der Waals surface area (Å²) in [5, 5.41) is 20.0. The van der Waals surface area contributed by atoms with Gasteiger partial charge in [-0.1, -0.05) is 30.3 Å². The van der Waals surface area contributed by atoms with E-state index in [-0.39, 0.29) is 17.8 Å². The monoisotopic (exact) mass is 380 g/mol. The number of aliphatic hydroxyl groups excluding tert-OH is 1. The van der Waals surface area contributed by atoms with Gasteiger partial charge in [-0.15, -0.1) is 0 Å². The molecular weight excluding hydrogens is 356 g/mol. The largest absolute Gasteiger partial charge is 0.507 e. The van der Waals surface area contributed by atoms with Crippen LogP contribution in [0.1, 0.15) is 5.56 Å². The van der Waals surface area contributed by atoms with Crippen molar-refractivity contribution in [2.24, 2.45) is 0 Å². The lowest BCUT2D eigenvalue weighted by molar-refractivity contribution is 0.108. The predicted octanol–water partition coefficient (Wildman–Crippen LogP) is 2.28. The molecule has 6 heteroatoms. The van der Waals surface area contributed by atoms with E-state index in [9.17, 15) is 9.90 Å². The number of benzene rings is 2. The van der Waals surface area contributed by atoms with Gasteiger partial charge in [0, 0.05) is 39.3 Å². The Hall–Kier alpha value is -2.67. The van der Waals surface area contributed by atoms with Crippen LogP contribution in [-0.2, 0) is 6.54 Å². The number of rotatable bonds is 5. The van der Waals surface area contributed by atoms with Crippen molar-refractivity contribution in [2.75, 3.05) is 39.3 Å². The Morgan fingerprint density at radius 2 is 1.68 bits per heavy atom. The summed E-state index contributed by atoms with van der Waals surface area (Å²) < 4.78 is 5.86. The van der Waals surface area contributed by atoms with Gasteiger partial charge < -0.3 is 14.6 Å². The zero-order chi connectivity index (χ0) is 19.5. The van der Waals surface area contributed by atoms with Gasteiger partial charge in [-0.25, -0.2) is 0 Å². The van der Waals surface area contributed by atoms with Crippen molar-refractivity contribution < 1.29 is 14.6 Å². The van der Waals surface area contributed by atoms with Crippen molar-refractivity contribution in [2.45, 2.75) is 6.54 Å². The third-order valence-electron chi connectivity index (χ3n) is 5.37. The highest BCUT2D eigenvalue weighted by molar-refractivity contribution is 5.85. The molecule has 0 radical (unpaired) electrons. The van der Waals surface area contributed by atoms with Crippen LogP contribution in [0.15, 0.2) is 57.9 Å². The molecule has 3 aromatic rings. The maximum absolute atomic E-state index is 13.0. The van der Waals surface area contributed by atoms with Crippen LogP contribution in [0.3, 0.4) is 0 Å². The van der Waals surface area contributed by atoms with E-state index in [1.54, 1.807) is 12.1 Å². The molecule has 1 aliphatic rings. The van der Waals surface area contributed by atoms with Gasteiger partial charge in [-0.3, -0.25) is 14.6 Å². The molecule has 4 rings (SSSR count). The Morgan fingerprint density at radius 1 is 0.964 bits per heavy atom. The predicted molar refractivity (Wildman–Crippen MR) is 108 cm³/mol. The first-order valence-corrected chi connectivity index (χ1v) is 9.54. The molecule has 0 aliphatic carbocycles. The number of aromatic hydroxyl groups is 1. The van der Waals surface area contributed by atoms with E-state index in [1.165, 1.54) is 6.26 Å². The number of fused-ring (bicyclic) bond motifs is 1. The minimum atomic E-state index is -0.0959. The van der Waals surface area contributed by atoms with Crippen LogP contribution in [0, 0.1) is 0 Å². The van der Waals surface area contributed by atoms with Crippen molar-refractivity contribution >= 4 is 11.0 Å². The second-order valence-corrected chi connectivity index (χ2v) is 7.13. The van der Waals surface area contributed by atoms with Crippen LogP contribution in [0.5, 0.6) is 5.75 Å². The molecule has 0 unspecified atom stereocenters. The standard InChI is InChI=1S/C22H24N2O4/c25-13-12-23-8-10-24(11-9-23)14-18-20(26)7-6-17-21(27)19(15-28-22(17)18)16-4-2-1-3-5-16/h1-7,15,25-26H,8-14H2. The highest BCUT2D eigenvalue weighted by atomic mass is 16.3. The fourth-order valence-corrected chi connectivity index (χ4v) is 3.75. The van der Waals surface area contributed by atoms with E-state index in [0.29, 0.717) is 35.2 Å². The first-order chi connectivity index (χ1) is 13.7. The normalized spacial score (nSPS) is 15.9. The van der Waals surface area contributed by atoms with Gasteiger partial charge in [0.15, 0.2) is 0 Å². The van der Waals surface area contributed by atoms with E-state index in [4.69, 9.17) is 9.52 Å². The van der Waals surface area contributed by atoms with Crippen molar-refractivity contribution in [3.05, 3.63) is 64.5 Å². The van der Waals surface area contributed by atoms with Crippen molar-refractivity contribution in [1.82, 2.24) is 9.80 Å². The fraction of sp³-hybridized carbons (Fsp3) is 0.318. The lowest BCUT2D eigenvalue weighted by atomic mass is 10.0. The van der Waals surface area contributed by atoms with Crippen LogP contribution in [-0.4, -0.2) is 59.3 Å². The third-order valence-corrected chi connectivity index (χ3v) is 5.37. The molecule has 1 aromatic heterocycles. The van der Waals surface area contributed by atoms with Gasteiger partial charge in [-0.2, -0.15) is 0 Å². The van der Waals surface area contributed by atoms with Crippen LogP contribution in [0.4, 0.5) is 0 Å². The average Bonchev–Trinajstić information content (AvgIpc) is 2.72. The molecule has 0 spiro atoms. The van der Waals surface area contributed by atoms with E-state index in [1.807, 2.05) is 30.3 Å². The molecule has 2 N–H and O–H groups in total. The number of hydrogen-bond acceptors (Lipinski definition) is 6. The van der Waals surface area contributed by atoms with Crippen LogP contribution >= 0.6 is 0 Å². The maximum Gasteiger partial charge on any atom is 0.200 e. The SMILES string of the molecule is O=c1c(-c2ccccc2)coc2c(CN3CCN(CCO)CC3)c(O)ccc12. The second-order valence-electron chi connectivity index (χ2n) is 7.13. The molecule has 2 aromatic carbocycles. The van der Waals surface area contributed by atoms with Gasteiger partial charge >= 0.3 is 0 Å². The molecule has 2 heterocycles. The van der Waals surface area contributed by atoms with Gasteiger partial charge in [0.2, 0.25) is 5.43 Å². The number of β-amino-alcohol motifs (C(OH)–C–C–N with tert-alkyl or cyclic N) is 1. The molecule has 0 amide bonds. The summed E-state index contributed by atoms with van der Waals surface area (Å²) in [7, 11) is 0. The second kappa shape index (κ2) is 8.14. The molecular formula is C22H24N2O4. The lowest BCUT2D eigenvalue weighted by Gasteiger charge is -2.34. The van der Waals surface area contributed by atoms with Crippen molar-refractivity contribution in [1.29, 1.82) is 0 Å². The summed E-state index contributed by atoms with van der Waals surface area (Å²) in [5.41, 5.74) is 2.32. The smallest absolute Gasteiger partial charge is 0.200 e. The van der Waals surface area contributed by atoms with E-state index in [2.05, 4.69) is 9.80 Å². The van der Waals surface area contributed by atoms with Crippen LogP contribution < -0.4 is 5.43 Å². The Labute approximate surface area is 163 Å². The minimum absolute atomic E-state index is 0.0959. The number of piperazine rings is 1. The summed E-state index contributed by atoms with van der Waals surface area (Å²) in [4.78, 5) is 17.5. The zero-order valence-corrected chi connectivity index (χ0v) is 15.7. The Bertz CT molecular complexity index is 1010. The highest BCUT2D eigenvalue weighted by Crippen LogP contribution is 2.29. The number of nitrogens with zero attached hydrogens (tertiary/aromatic N) is 2. The van der Waals surface area contributed by atoms with Gasteiger partial charge in [-0.05, 0) is 17.7 Å². The summed E-state index contributed by atoms with van der Waals surface area (Å²) in [6.45, 7) is 4.78. The summed E-state index contributed by atoms with van der Waals surface area (Å²) in [6.07, 6.45) is 1.49. The van der Waals surface area contributed by atoms with Gasteiger partial charge in [0.1, 0.15) is 17.6 Å². The molecule has 0 atom stereocenters. The fourth-order valence-electron chi connectivity index (χ4n) is 3.75. The number of phenolic OH excluding ortho intramolecular Hbond substituents is 1. The maximum atomic E-state index is 13.0. The lowest BCUT2D eigenvalue weighted by Crippen LogP contribution is -2.46. The van der Waals surface area contributed by atoms with E-state index < -0.39 is 0 Å². The molecule has 1 aliphatic heterocycles. The number of aliphatic hydroxyl groups is 1. The molecule has 146 valence electrons. The first-order valence-electron chi connectivity index (χ1n) is 9.54. The molecule has 6 nitrogen and oxygen atoms in total. The number of phenols is 1. The minimum Gasteiger partial charge on any atom is -0.507 e. The van der Waals surface area contributed by atoms with Crippen LogP contribution in [0.2, 0.25) is 0 Å². The van der Waals surface area contributed by atoms with E-state index >= 15 is 0 Å². The number of hydrogen-bond donors (Lipinski definition) is 2. The van der Waals surface area contributed by atoms with E-state index in [0.717, 1.165) is 31.7 Å². The third kappa shape index (κ3) is 3.67. The molecule has 1 fully saturated rings. The quantitative estimate of drug-likeness (QED) is 0.707. The first kappa shape index (κ1) is 18.7. The molecule has 1 saturated heterocycles. The summed E-state index contributed by atoms with van der Waals surface area (Å²) in [6, 6.07) is 12.6. The highest BCUT2D eigenvalue weighted by Gasteiger charge is 2.21. The van der Waals surface area contributed by atoms with Crippen molar-refractivity contribution in [3.8, 4) is 16.9 Å². The van der Waals surface area contributed by atoms with Crippen LogP contribution in [0.25, 0.3) is 22.1 Å².